The third-order valence-electron chi connectivity index (χ3n) is 6.70. The lowest BCUT2D eigenvalue weighted by molar-refractivity contribution is -0.153. The summed E-state index contributed by atoms with van der Waals surface area (Å²) in [5.74, 6) is -2.26. The summed E-state index contributed by atoms with van der Waals surface area (Å²) in [6, 6.07) is 3.73. The van der Waals surface area contributed by atoms with Gasteiger partial charge in [0.15, 0.2) is 5.82 Å². The number of fused-ring (bicyclic) bond motifs is 1. The van der Waals surface area contributed by atoms with Gasteiger partial charge in [-0.1, -0.05) is 0 Å². The number of hydrogen-bond donors (Lipinski definition) is 0. The van der Waals surface area contributed by atoms with E-state index in [9.17, 15) is 27.2 Å². The lowest BCUT2D eigenvalue weighted by Gasteiger charge is -2.26. The molecule has 35 heavy (non-hydrogen) atoms. The van der Waals surface area contributed by atoms with Crippen molar-refractivity contribution in [2.75, 3.05) is 25.0 Å². The molecule has 0 spiro atoms. The van der Waals surface area contributed by atoms with Gasteiger partial charge in [-0.05, 0) is 19.1 Å². The molecule has 2 aliphatic rings. The molecule has 1 amide bonds. The van der Waals surface area contributed by atoms with Crippen molar-refractivity contribution in [3.8, 4) is 11.3 Å². The summed E-state index contributed by atoms with van der Waals surface area (Å²) in [6.45, 7) is 1.90. The highest BCUT2D eigenvalue weighted by Crippen LogP contribution is 2.50. The Morgan fingerprint density at radius 3 is 2.54 bits per heavy atom. The summed E-state index contributed by atoms with van der Waals surface area (Å²) in [6.07, 6.45) is -2.32. The number of aromatic nitrogens is 3. The lowest BCUT2D eigenvalue weighted by Crippen LogP contribution is -2.38. The van der Waals surface area contributed by atoms with Crippen molar-refractivity contribution in [3.05, 3.63) is 63.8 Å². The second kappa shape index (κ2) is 7.92. The Morgan fingerprint density at radius 1 is 1.23 bits per heavy atom. The maximum Gasteiger partial charge on any atom is 0.450 e. The van der Waals surface area contributed by atoms with E-state index in [1.807, 2.05) is 4.90 Å². The van der Waals surface area contributed by atoms with E-state index in [1.54, 1.807) is 14.1 Å². The van der Waals surface area contributed by atoms with Crippen molar-refractivity contribution in [1.29, 1.82) is 0 Å². The van der Waals surface area contributed by atoms with E-state index >= 15 is 0 Å². The van der Waals surface area contributed by atoms with E-state index in [0.29, 0.717) is 5.95 Å². The van der Waals surface area contributed by atoms with Gasteiger partial charge in [0, 0.05) is 62.9 Å². The van der Waals surface area contributed by atoms with E-state index in [1.165, 1.54) is 34.7 Å². The Labute approximate surface area is 196 Å². The Morgan fingerprint density at radius 2 is 1.91 bits per heavy atom. The van der Waals surface area contributed by atoms with Crippen molar-refractivity contribution in [2.45, 2.75) is 19.1 Å². The molecule has 0 bridgehead atoms. The molecule has 0 radical (unpaired) electrons. The van der Waals surface area contributed by atoms with E-state index in [2.05, 4.69) is 9.97 Å². The molecule has 1 aliphatic carbocycles. The number of furan rings is 1. The highest BCUT2D eigenvalue weighted by molar-refractivity contribution is 5.96. The van der Waals surface area contributed by atoms with Crippen LogP contribution < -0.4 is 10.5 Å². The van der Waals surface area contributed by atoms with Gasteiger partial charge < -0.3 is 14.2 Å². The van der Waals surface area contributed by atoms with Crippen molar-refractivity contribution < 1.29 is 26.8 Å². The second-order valence-electron chi connectivity index (χ2n) is 8.93. The Hall–Kier alpha value is -3.70. The first-order chi connectivity index (χ1) is 16.5. The van der Waals surface area contributed by atoms with Crippen LogP contribution in [-0.2, 0) is 13.2 Å². The molecule has 4 heterocycles. The second-order valence-corrected chi connectivity index (χ2v) is 8.93. The summed E-state index contributed by atoms with van der Waals surface area (Å²) in [7, 11) is 3.31. The van der Waals surface area contributed by atoms with E-state index in [-0.39, 0.29) is 53.5 Å². The van der Waals surface area contributed by atoms with Crippen LogP contribution in [0, 0.1) is 24.6 Å². The summed E-state index contributed by atoms with van der Waals surface area (Å²) in [5.41, 5.74) is -0.536. The van der Waals surface area contributed by atoms with Gasteiger partial charge in [-0.25, -0.2) is 9.37 Å². The van der Waals surface area contributed by atoms with Crippen LogP contribution in [0.25, 0.3) is 11.3 Å². The zero-order valence-corrected chi connectivity index (χ0v) is 19.0. The van der Waals surface area contributed by atoms with Crippen LogP contribution in [0.15, 0.2) is 39.8 Å². The molecule has 1 saturated heterocycles. The molecule has 1 saturated carbocycles. The molecule has 3 aromatic rings. The maximum absolute atomic E-state index is 14.2. The van der Waals surface area contributed by atoms with Gasteiger partial charge in [0.1, 0.15) is 5.76 Å². The van der Waals surface area contributed by atoms with Gasteiger partial charge >= 0.3 is 6.18 Å². The maximum atomic E-state index is 14.2. The molecule has 2 unspecified atom stereocenters. The minimum Gasteiger partial charge on any atom is -0.456 e. The quantitative estimate of drug-likeness (QED) is 0.522. The van der Waals surface area contributed by atoms with E-state index < -0.39 is 29.2 Å². The number of likely N-dealkylation sites (tertiary alicyclic amines) is 1. The van der Waals surface area contributed by atoms with Crippen molar-refractivity contribution in [2.24, 2.45) is 18.9 Å². The summed E-state index contributed by atoms with van der Waals surface area (Å²) >= 11 is 0. The highest BCUT2D eigenvalue weighted by atomic mass is 19.4. The van der Waals surface area contributed by atoms with Crippen LogP contribution in [0.3, 0.4) is 0 Å². The number of carbonyl (C=O) groups excluding carboxylic acids is 1. The van der Waals surface area contributed by atoms with Crippen molar-refractivity contribution in [3.63, 3.8) is 0 Å². The summed E-state index contributed by atoms with van der Waals surface area (Å²) < 4.78 is 60.1. The third-order valence-corrected chi connectivity index (χ3v) is 6.70. The molecule has 184 valence electrons. The minimum atomic E-state index is -4.76. The molecule has 5 rings (SSSR count). The first kappa shape index (κ1) is 23.1. The average Bonchev–Trinajstić information content (AvgIpc) is 3.09. The molecule has 0 N–H and O–H groups in total. The van der Waals surface area contributed by atoms with Crippen LogP contribution in [0.4, 0.5) is 23.5 Å². The predicted molar refractivity (Wildman–Crippen MR) is 116 cm³/mol. The molecular formula is C23H21F4N5O3. The van der Waals surface area contributed by atoms with Crippen molar-refractivity contribution >= 4 is 11.9 Å². The van der Waals surface area contributed by atoms with Crippen LogP contribution in [-0.4, -0.2) is 51.5 Å². The van der Waals surface area contributed by atoms with Crippen molar-refractivity contribution in [1.82, 2.24) is 19.4 Å². The van der Waals surface area contributed by atoms with Gasteiger partial charge in [0.25, 0.3) is 11.5 Å². The van der Waals surface area contributed by atoms with Crippen LogP contribution in [0.1, 0.15) is 21.9 Å². The number of pyridine rings is 1. The number of anilines is 1. The Balaban J connectivity index is 1.35. The number of rotatable bonds is 4. The van der Waals surface area contributed by atoms with Gasteiger partial charge in [0.2, 0.25) is 11.7 Å². The number of halogens is 4. The zero-order valence-electron chi connectivity index (χ0n) is 19.0. The number of hydrogen-bond acceptors (Lipinski definition) is 6. The molecular weight excluding hydrogens is 470 g/mol. The number of piperidine rings is 1. The number of nitrogens with zero attached hydrogens (tertiary/aromatic N) is 5. The van der Waals surface area contributed by atoms with Gasteiger partial charge in [0.05, 0.1) is 17.5 Å². The standard InChI is InChI=1S/C23H21F4N5O3/c1-11-6-13(20(35-11)23(25,26)27)21(34)32-9-14-15(10-32)19(14)31(3)22-29-17(7-18(33)30(22)2)12-4-5-28-8-16(12)24/h4-8,14-15,19H,9-10H2,1-3H3. The SMILES string of the molecule is Cc1cc(C(=O)N2CC3C(C2)C3N(C)c2nc(-c3ccncc3F)cc(=O)n2C)c(C(F)(F)F)o1. The van der Waals surface area contributed by atoms with E-state index in [4.69, 9.17) is 4.42 Å². The fourth-order valence-electron chi connectivity index (χ4n) is 4.99. The summed E-state index contributed by atoms with van der Waals surface area (Å²) in [4.78, 5) is 36.8. The molecule has 2 atom stereocenters. The monoisotopic (exact) mass is 491 g/mol. The minimum absolute atomic E-state index is 0.00417. The number of amides is 1. The Bertz CT molecular complexity index is 1370. The lowest BCUT2D eigenvalue weighted by atomic mass is 10.2. The van der Waals surface area contributed by atoms with Crippen LogP contribution in [0.2, 0.25) is 0 Å². The highest BCUT2D eigenvalue weighted by Gasteiger charge is 2.59. The molecule has 2 fully saturated rings. The zero-order chi connectivity index (χ0) is 25.2. The molecule has 3 aromatic heterocycles. The van der Waals surface area contributed by atoms with Gasteiger partial charge in [-0.3, -0.25) is 19.1 Å². The largest absolute Gasteiger partial charge is 0.456 e. The van der Waals surface area contributed by atoms with Crippen LogP contribution in [0.5, 0.6) is 0 Å². The molecule has 1 aliphatic heterocycles. The first-order valence-corrected chi connectivity index (χ1v) is 10.8. The third kappa shape index (κ3) is 3.86. The Kier molecular flexibility index (Phi) is 5.22. The fourth-order valence-corrected chi connectivity index (χ4v) is 4.99. The number of aryl methyl sites for hydroxylation is 1. The van der Waals surface area contributed by atoms with Gasteiger partial charge in [-0.15, -0.1) is 0 Å². The van der Waals surface area contributed by atoms with Crippen LogP contribution >= 0.6 is 0 Å². The summed E-state index contributed by atoms with van der Waals surface area (Å²) in [5, 5.41) is 0. The molecule has 8 nitrogen and oxygen atoms in total. The fraction of sp³-hybridized carbons (Fsp3) is 0.391. The molecule has 0 aromatic carbocycles. The predicted octanol–water partition coefficient (Wildman–Crippen LogP) is 3.11. The normalized spacial score (nSPS) is 21.2. The van der Waals surface area contributed by atoms with E-state index in [0.717, 1.165) is 12.3 Å². The number of alkyl halides is 3. The van der Waals surface area contributed by atoms with Gasteiger partial charge in [-0.2, -0.15) is 13.2 Å². The smallest absolute Gasteiger partial charge is 0.450 e. The number of carbonyl (C=O) groups is 1. The first-order valence-electron chi connectivity index (χ1n) is 10.8. The average molecular weight is 491 g/mol. The topological polar surface area (TPSA) is 84.5 Å². The molecule has 12 heteroatoms.